The van der Waals surface area contributed by atoms with Crippen molar-refractivity contribution in [2.24, 2.45) is 11.7 Å². The van der Waals surface area contributed by atoms with E-state index in [1.165, 1.54) is 11.8 Å². The van der Waals surface area contributed by atoms with Crippen LogP contribution in [0, 0.1) is 5.92 Å². The van der Waals surface area contributed by atoms with Crippen LogP contribution in [0.1, 0.15) is 24.9 Å². The minimum absolute atomic E-state index is 0.0625. The standard InChI is InChI=1S/C16H20N2O5/c1-10(19)23-9-12-7-13(16(21)22)18(14(20)8-17)15(12)11-5-3-2-4-6-11/h2-6,12-13,15H,7-9,17H2,1H3,(H,21,22). The lowest BCUT2D eigenvalue weighted by atomic mass is 9.94. The van der Waals surface area contributed by atoms with E-state index in [9.17, 15) is 19.5 Å². The van der Waals surface area contributed by atoms with Crippen LogP contribution in [0.4, 0.5) is 0 Å². The Kier molecular flexibility index (Phi) is 5.33. The van der Waals surface area contributed by atoms with Gasteiger partial charge in [-0.2, -0.15) is 0 Å². The van der Waals surface area contributed by atoms with Crippen molar-refractivity contribution in [2.75, 3.05) is 13.2 Å². The van der Waals surface area contributed by atoms with Gasteiger partial charge < -0.3 is 20.5 Å². The van der Waals surface area contributed by atoms with Gasteiger partial charge in [0.2, 0.25) is 5.91 Å². The number of likely N-dealkylation sites (tertiary alicyclic amines) is 1. The molecule has 3 unspecified atom stereocenters. The molecule has 1 aliphatic rings. The van der Waals surface area contributed by atoms with E-state index < -0.39 is 29.9 Å². The number of benzene rings is 1. The average Bonchev–Trinajstić information content (AvgIpc) is 2.92. The molecule has 1 amide bonds. The Morgan fingerprint density at radius 3 is 2.48 bits per heavy atom. The lowest BCUT2D eigenvalue weighted by Gasteiger charge is -2.30. The first kappa shape index (κ1) is 17.0. The molecule has 7 nitrogen and oxygen atoms in total. The second-order valence-corrected chi connectivity index (χ2v) is 5.51. The maximum Gasteiger partial charge on any atom is 0.326 e. The summed E-state index contributed by atoms with van der Waals surface area (Å²) in [6.07, 6.45) is 0.216. The molecule has 7 heteroatoms. The molecule has 1 aliphatic heterocycles. The Morgan fingerprint density at radius 1 is 1.30 bits per heavy atom. The van der Waals surface area contributed by atoms with Gasteiger partial charge in [0.15, 0.2) is 0 Å². The first-order valence-electron chi connectivity index (χ1n) is 7.38. The number of rotatable bonds is 5. The van der Waals surface area contributed by atoms with Gasteiger partial charge in [-0.25, -0.2) is 4.79 Å². The molecule has 0 radical (unpaired) electrons. The highest BCUT2D eigenvalue weighted by Crippen LogP contribution is 2.41. The molecule has 1 heterocycles. The van der Waals surface area contributed by atoms with Crippen molar-refractivity contribution in [1.82, 2.24) is 4.90 Å². The van der Waals surface area contributed by atoms with Gasteiger partial charge >= 0.3 is 11.9 Å². The fourth-order valence-electron chi connectivity index (χ4n) is 3.07. The topological polar surface area (TPSA) is 110 Å². The van der Waals surface area contributed by atoms with Crippen LogP contribution in [0.15, 0.2) is 30.3 Å². The van der Waals surface area contributed by atoms with E-state index in [-0.39, 0.29) is 25.5 Å². The summed E-state index contributed by atoms with van der Waals surface area (Å²) in [4.78, 5) is 36.2. The Hall–Kier alpha value is -2.41. The van der Waals surface area contributed by atoms with Crippen LogP contribution in [0.25, 0.3) is 0 Å². The molecule has 1 aromatic rings. The van der Waals surface area contributed by atoms with Gasteiger partial charge in [-0.1, -0.05) is 30.3 Å². The molecule has 124 valence electrons. The summed E-state index contributed by atoms with van der Waals surface area (Å²) in [7, 11) is 0. The van der Waals surface area contributed by atoms with Gasteiger partial charge in [0.05, 0.1) is 19.2 Å². The molecule has 3 atom stereocenters. The number of carboxylic acids is 1. The predicted octanol–water partition coefficient (Wildman–Crippen LogP) is 0.551. The molecule has 1 aromatic carbocycles. The van der Waals surface area contributed by atoms with Gasteiger partial charge in [0, 0.05) is 12.8 Å². The highest BCUT2D eigenvalue weighted by Gasteiger charge is 2.47. The lowest BCUT2D eigenvalue weighted by molar-refractivity contribution is -0.149. The third-order valence-electron chi connectivity index (χ3n) is 4.00. The van der Waals surface area contributed by atoms with Gasteiger partial charge in [0.25, 0.3) is 0 Å². The number of nitrogens with two attached hydrogens (primary N) is 1. The van der Waals surface area contributed by atoms with E-state index in [4.69, 9.17) is 10.5 Å². The second-order valence-electron chi connectivity index (χ2n) is 5.51. The van der Waals surface area contributed by atoms with Crippen LogP contribution in [-0.2, 0) is 19.1 Å². The van der Waals surface area contributed by atoms with E-state index in [1.807, 2.05) is 30.3 Å². The minimum atomic E-state index is -1.09. The summed E-state index contributed by atoms with van der Waals surface area (Å²) < 4.78 is 5.07. The fraction of sp³-hybridized carbons (Fsp3) is 0.438. The maximum atomic E-state index is 12.2. The molecule has 2 rings (SSSR count). The number of carbonyl (C=O) groups is 3. The van der Waals surface area contributed by atoms with E-state index in [0.717, 1.165) is 5.56 Å². The largest absolute Gasteiger partial charge is 0.480 e. The number of esters is 1. The fourth-order valence-corrected chi connectivity index (χ4v) is 3.07. The monoisotopic (exact) mass is 320 g/mol. The molecule has 1 fully saturated rings. The van der Waals surface area contributed by atoms with E-state index in [2.05, 4.69) is 0 Å². The Labute approximate surface area is 134 Å². The van der Waals surface area contributed by atoms with Crippen molar-refractivity contribution in [3.8, 4) is 0 Å². The highest BCUT2D eigenvalue weighted by atomic mass is 16.5. The summed E-state index contributed by atoms with van der Waals surface area (Å²) in [6.45, 7) is 1.09. The molecule has 0 spiro atoms. The number of carbonyl (C=O) groups excluding carboxylic acids is 2. The van der Waals surface area contributed by atoms with E-state index >= 15 is 0 Å². The van der Waals surface area contributed by atoms with Crippen molar-refractivity contribution in [1.29, 1.82) is 0 Å². The van der Waals surface area contributed by atoms with Crippen molar-refractivity contribution in [3.05, 3.63) is 35.9 Å². The Balaban J connectivity index is 2.39. The molecule has 0 aliphatic carbocycles. The number of nitrogens with zero attached hydrogens (tertiary/aromatic N) is 1. The maximum absolute atomic E-state index is 12.2. The summed E-state index contributed by atoms with van der Waals surface area (Å²) in [5.41, 5.74) is 6.25. The molecule has 3 N–H and O–H groups in total. The van der Waals surface area contributed by atoms with Crippen molar-refractivity contribution < 1.29 is 24.2 Å². The van der Waals surface area contributed by atoms with Crippen molar-refractivity contribution in [2.45, 2.75) is 25.4 Å². The normalized spacial score (nSPS) is 23.6. The molecular formula is C16H20N2O5. The third-order valence-corrected chi connectivity index (χ3v) is 4.00. The number of aliphatic carboxylic acids is 1. The van der Waals surface area contributed by atoms with Gasteiger partial charge in [-0.15, -0.1) is 0 Å². The highest BCUT2D eigenvalue weighted by molar-refractivity contribution is 5.86. The minimum Gasteiger partial charge on any atom is -0.480 e. The number of hydrogen-bond donors (Lipinski definition) is 2. The van der Waals surface area contributed by atoms with Crippen LogP contribution in [0.3, 0.4) is 0 Å². The van der Waals surface area contributed by atoms with Crippen LogP contribution in [-0.4, -0.2) is 47.0 Å². The Bertz CT molecular complexity index is 589. The van der Waals surface area contributed by atoms with Crippen LogP contribution in [0.2, 0.25) is 0 Å². The summed E-state index contributed by atoms with van der Waals surface area (Å²) in [5.74, 6) is -2.25. The summed E-state index contributed by atoms with van der Waals surface area (Å²) in [5, 5.41) is 9.45. The van der Waals surface area contributed by atoms with Crippen molar-refractivity contribution in [3.63, 3.8) is 0 Å². The first-order valence-corrected chi connectivity index (χ1v) is 7.38. The smallest absolute Gasteiger partial charge is 0.326 e. The predicted molar refractivity (Wildman–Crippen MR) is 81.2 cm³/mol. The zero-order valence-electron chi connectivity index (χ0n) is 12.8. The number of amides is 1. The lowest BCUT2D eigenvalue weighted by Crippen LogP contribution is -2.44. The average molecular weight is 320 g/mol. The van der Waals surface area contributed by atoms with E-state index in [1.54, 1.807) is 0 Å². The SMILES string of the molecule is CC(=O)OCC1CC(C(=O)O)N(C(=O)CN)C1c1ccccc1. The molecule has 0 saturated carbocycles. The summed E-state index contributed by atoms with van der Waals surface area (Å²) in [6, 6.07) is 7.67. The van der Waals surface area contributed by atoms with Gasteiger partial charge in [-0.05, 0) is 12.0 Å². The van der Waals surface area contributed by atoms with Crippen molar-refractivity contribution >= 4 is 17.8 Å². The van der Waals surface area contributed by atoms with Gasteiger partial charge in [0.1, 0.15) is 6.04 Å². The first-order chi connectivity index (χ1) is 11.0. The second kappa shape index (κ2) is 7.23. The van der Waals surface area contributed by atoms with Crippen LogP contribution in [0.5, 0.6) is 0 Å². The van der Waals surface area contributed by atoms with Crippen LogP contribution < -0.4 is 5.73 Å². The number of carboxylic acid groups (broad SMARTS) is 1. The molecular weight excluding hydrogens is 300 g/mol. The van der Waals surface area contributed by atoms with Gasteiger partial charge in [-0.3, -0.25) is 9.59 Å². The quantitative estimate of drug-likeness (QED) is 0.767. The molecule has 0 bridgehead atoms. The molecule has 1 saturated heterocycles. The van der Waals surface area contributed by atoms with E-state index in [0.29, 0.717) is 0 Å². The summed E-state index contributed by atoms with van der Waals surface area (Å²) >= 11 is 0. The zero-order valence-corrected chi connectivity index (χ0v) is 12.8. The number of ether oxygens (including phenoxy) is 1. The third kappa shape index (κ3) is 3.68. The van der Waals surface area contributed by atoms with Crippen LogP contribution >= 0.6 is 0 Å². The molecule has 23 heavy (non-hydrogen) atoms. The number of hydrogen-bond acceptors (Lipinski definition) is 5. The molecule has 0 aromatic heterocycles. The Morgan fingerprint density at radius 2 is 1.96 bits per heavy atom. The zero-order chi connectivity index (χ0) is 17.0.